The maximum atomic E-state index is 12.2. The lowest BCUT2D eigenvalue weighted by Gasteiger charge is -2.38. The smallest absolute Gasteiger partial charge is 0.316 e. The minimum Gasteiger partial charge on any atom is -0.316 e. The van der Waals surface area contributed by atoms with E-state index < -0.39 is 18.6 Å². The first-order chi connectivity index (χ1) is 7.87. The van der Waals surface area contributed by atoms with E-state index in [9.17, 15) is 13.2 Å². The molecular formula is C12H23F3N2. The van der Waals surface area contributed by atoms with E-state index >= 15 is 0 Å². The molecule has 2 unspecified atom stereocenters. The number of halogens is 3. The second kappa shape index (κ2) is 6.05. The van der Waals surface area contributed by atoms with Crippen molar-refractivity contribution in [3.63, 3.8) is 0 Å². The third-order valence-electron chi connectivity index (χ3n) is 3.67. The monoisotopic (exact) mass is 252 g/mol. The molecule has 1 rings (SSSR count). The average molecular weight is 252 g/mol. The van der Waals surface area contributed by atoms with Gasteiger partial charge in [-0.25, -0.2) is 0 Å². The molecule has 0 bridgehead atoms. The predicted octanol–water partition coefficient (Wildman–Crippen LogP) is 2.70. The Balaban J connectivity index is 2.36. The van der Waals surface area contributed by atoms with Crippen molar-refractivity contribution in [2.45, 2.75) is 51.7 Å². The first-order valence-corrected chi connectivity index (χ1v) is 6.38. The Morgan fingerprint density at radius 2 is 2.12 bits per heavy atom. The Morgan fingerprint density at radius 1 is 1.41 bits per heavy atom. The molecule has 1 aliphatic heterocycles. The number of piperidine rings is 1. The van der Waals surface area contributed by atoms with Gasteiger partial charge in [0.25, 0.3) is 0 Å². The van der Waals surface area contributed by atoms with E-state index in [0.29, 0.717) is 6.54 Å². The molecule has 2 atom stereocenters. The van der Waals surface area contributed by atoms with Crippen LogP contribution in [0.1, 0.15) is 39.5 Å². The van der Waals surface area contributed by atoms with Crippen LogP contribution in [-0.4, -0.2) is 31.9 Å². The zero-order valence-corrected chi connectivity index (χ0v) is 10.7. The largest absolute Gasteiger partial charge is 0.390 e. The summed E-state index contributed by atoms with van der Waals surface area (Å²) < 4.78 is 36.6. The molecule has 0 aromatic heterocycles. The Bertz CT molecular complexity index is 222. The fourth-order valence-electron chi connectivity index (χ4n) is 2.42. The molecule has 1 heterocycles. The van der Waals surface area contributed by atoms with Gasteiger partial charge in [0.05, 0.1) is 6.42 Å². The van der Waals surface area contributed by atoms with Crippen LogP contribution in [0.5, 0.6) is 0 Å². The van der Waals surface area contributed by atoms with E-state index in [0.717, 1.165) is 32.4 Å². The molecule has 1 saturated heterocycles. The topological polar surface area (TPSA) is 24.1 Å². The summed E-state index contributed by atoms with van der Waals surface area (Å²) in [6.07, 6.45) is -1.60. The molecule has 2 nitrogen and oxygen atoms in total. The average Bonchev–Trinajstić information content (AvgIpc) is 2.25. The Hall–Kier alpha value is -0.290. The zero-order valence-electron chi connectivity index (χ0n) is 10.7. The fraction of sp³-hybridized carbons (Fsp3) is 1.00. The molecule has 2 N–H and O–H groups in total. The van der Waals surface area contributed by atoms with Gasteiger partial charge >= 0.3 is 6.18 Å². The van der Waals surface area contributed by atoms with Crippen molar-refractivity contribution in [1.82, 2.24) is 10.6 Å². The first kappa shape index (κ1) is 14.8. The minimum atomic E-state index is -4.07. The lowest BCUT2D eigenvalue weighted by Crippen LogP contribution is -2.48. The summed E-state index contributed by atoms with van der Waals surface area (Å²) in [5.41, 5.74) is 0.137. The summed E-state index contributed by atoms with van der Waals surface area (Å²) in [4.78, 5) is 0. The summed E-state index contributed by atoms with van der Waals surface area (Å²) in [5, 5.41) is 6.38. The third-order valence-corrected chi connectivity index (χ3v) is 3.67. The Morgan fingerprint density at radius 3 is 2.59 bits per heavy atom. The highest BCUT2D eigenvalue weighted by Crippen LogP contribution is 2.29. The molecule has 5 heteroatoms. The third kappa shape index (κ3) is 5.25. The van der Waals surface area contributed by atoms with Crippen LogP contribution >= 0.6 is 0 Å². The van der Waals surface area contributed by atoms with Gasteiger partial charge < -0.3 is 10.6 Å². The summed E-state index contributed by atoms with van der Waals surface area (Å²) >= 11 is 0. The number of hydrogen-bond acceptors (Lipinski definition) is 2. The van der Waals surface area contributed by atoms with Gasteiger partial charge in [-0.05, 0) is 38.1 Å². The lowest BCUT2D eigenvalue weighted by atomic mass is 9.78. The number of nitrogens with one attached hydrogen (secondary N) is 2. The minimum absolute atomic E-state index is 0.137. The van der Waals surface area contributed by atoms with Crippen LogP contribution < -0.4 is 10.6 Å². The second-order valence-corrected chi connectivity index (χ2v) is 5.24. The van der Waals surface area contributed by atoms with Gasteiger partial charge in [0.15, 0.2) is 0 Å². The molecule has 0 radical (unpaired) electrons. The van der Waals surface area contributed by atoms with Crippen molar-refractivity contribution in [1.29, 1.82) is 0 Å². The molecule has 0 spiro atoms. The van der Waals surface area contributed by atoms with Crippen LogP contribution in [0, 0.1) is 5.41 Å². The molecular weight excluding hydrogens is 229 g/mol. The highest BCUT2D eigenvalue weighted by molar-refractivity contribution is 4.87. The van der Waals surface area contributed by atoms with Gasteiger partial charge in [-0.15, -0.1) is 0 Å². The molecule has 0 amide bonds. The van der Waals surface area contributed by atoms with Gasteiger partial charge in [-0.2, -0.15) is 13.2 Å². The van der Waals surface area contributed by atoms with E-state index in [-0.39, 0.29) is 5.41 Å². The maximum absolute atomic E-state index is 12.2. The molecule has 1 fully saturated rings. The van der Waals surface area contributed by atoms with Gasteiger partial charge in [0, 0.05) is 19.1 Å². The molecule has 1 aliphatic rings. The maximum Gasteiger partial charge on any atom is 0.390 e. The summed E-state index contributed by atoms with van der Waals surface area (Å²) in [5.74, 6) is 0. The predicted molar refractivity (Wildman–Crippen MR) is 63.0 cm³/mol. The highest BCUT2D eigenvalue weighted by Gasteiger charge is 2.33. The SMILES string of the molecule is CCC1(CNC(C)CC(F)(F)F)CCCNC1. The van der Waals surface area contributed by atoms with Crippen molar-refractivity contribution >= 4 is 0 Å². The molecule has 0 saturated carbocycles. The quantitative estimate of drug-likeness (QED) is 0.786. The van der Waals surface area contributed by atoms with E-state index in [1.807, 2.05) is 0 Å². The van der Waals surface area contributed by atoms with Crippen LogP contribution in [0.4, 0.5) is 13.2 Å². The summed E-state index contributed by atoms with van der Waals surface area (Å²) in [6, 6.07) is -0.500. The molecule has 0 aliphatic carbocycles. The molecule has 0 aromatic carbocycles. The summed E-state index contributed by atoms with van der Waals surface area (Å²) in [6.45, 7) is 6.33. The first-order valence-electron chi connectivity index (χ1n) is 6.38. The summed E-state index contributed by atoms with van der Waals surface area (Å²) in [7, 11) is 0. The van der Waals surface area contributed by atoms with Crippen LogP contribution in [0.25, 0.3) is 0 Å². The van der Waals surface area contributed by atoms with Gasteiger partial charge in [-0.1, -0.05) is 6.92 Å². The van der Waals surface area contributed by atoms with Crippen molar-refractivity contribution in [3.8, 4) is 0 Å². The second-order valence-electron chi connectivity index (χ2n) is 5.24. The van der Waals surface area contributed by atoms with Gasteiger partial charge in [0.1, 0.15) is 0 Å². The Kier molecular flexibility index (Phi) is 5.25. The standard InChI is InChI=1S/C12H23F3N2/c1-3-11(5-4-6-16-8-11)9-17-10(2)7-12(13,14)15/h10,16-17H,3-9H2,1-2H3. The van der Waals surface area contributed by atoms with Crippen LogP contribution in [0.2, 0.25) is 0 Å². The van der Waals surface area contributed by atoms with E-state index in [4.69, 9.17) is 0 Å². The van der Waals surface area contributed by atoms with E-state index in [1.165, 1.54) is 0 Å². The van der Waals surface area contributed by atoms with Crippen molar-refractivity contribution < 1.29 is 13.2 Å². The van der Waals surface area contributed by atoms with Crippen LogP contribution in [0.3, 0.4) is 0 Å². The normalized spacial score (nSPS) is 28.1. The number of hydrogen-bond donors (Lipinski definition) is 2. The molecule has 0 aromatic rings. The molecule has 102 valence electrons. The van der Waals surface area contributed by atoms with Crippen molar-refractivity contribution in [3.05, 3.63) is 0 Å². The fourth-order valence-corrected chi connectivity index (χ4v) is 2.42. The van der Waals surface area contributed by atoms with E-state index in [2.05, 4.69) is 17.6 Å². The zero-order chi connectivity index (χ0) is 12.9. The van der Waals surface area contributed by atoms with Crippen LogP contribution in [0.15, 0.2) is 0 Å². The van der Waals surface area contributed by atoms with Crippen molar-refractivity contribution in [2.24, 2.45) is 5.41 Å². The lowest BCUT2D eigenvalue weighted by molar-refractivity contribution is -0.139. The molecule has 17 heavy (non-hydrogen) atoms. The number of alkyl halides is 3. The van der Waals surface area contributed by atoms with Crippen LogP contribution in [-0.2, 0) is 0 Å². The van der Waals surface area contributed by atoms with E-state index in [1.54, 1.807) is 6.92 Å². The number of rotatable bonds is 5. The van der Waals surface area contributed by atoms with Gasteiger partial charge in [-0.3, -0.25) is 0 Å². The van der Waals surface area contributed by atoms with Gasteiger partial charge in [0.2, 0.25) is 0 Å². The Labute approximate surface area is 101 Å². The highest BCUT2D eigenvalue weighted by atomic mass is 19.4. The van der Waals surface area contributed by atoms with Crippen molar-refractivity contribution in [2.75, 3.05) is 19.6 Å².